The number of nitrogens with one attached hydrogen (secondary N) is 1. The second-order valence-electron chi connectivity index (χ2n) is 9.62. The third-order valence-corrected chi connectivity index (χ3v) is 8.74. The highest BCUT2D eigenvalue weighted by atomic mass is 35.5. The molecule has 10 heteroatoms. The van der Waals surface area contributed by atoms with E-state index in [1.807, 2.05) is 13.8 Å². The summed E-state index contributed by atoms with van der Waals surface area (Å²) >= 11 is 6.26. The number of aryl methyl sites for hydroxylation is 1. The predicted molar refractivity (Wildman–Crippen MR) is 158 cm³/mol. The minimum Gasteiger partial charge on any atom is -0.497 e. The molecule has 0 unspecified atom stereocenters. The van der Waals surface area contributed by atoms with Crippen LogP contribution in [0.15, 0.2) is 77.7 Å². The van der Waals surface area contributed by atoms with Crippen LogP contribution < -0.4 is 14.4 Å². The van der Waals surface area contributed by atoms with Crippen LogP contribution in [0.1, 0.15) is 38.3 Å². The molecule has 3 aromatic rings. The first-order chi connectivity index (χ1) is 19.0. The highest BCUT2D eigenvalue weighted by Gasteiger charge is 2.33. The van der Waals surface area contributed by atoms with Gasteiger partial charge in [-0.25, -0.2) is 8.42 Å². The molecule has 3 aromatic carbocycles. The van der Waals surface area contributed by atoms with E-state index in [1.165, 1.54) is 23.1 Å². The van der Waals surface area contributed by atoms with Crippen LogP contribution >= 0.6 is 11.6 Å². The Hall–Kier alpha value is -3.56. The van der Waals surface area contributed by atoms with E-state index in [0.717, 1.165) is 16.3 Å². The van der Waals surface area contributed by atoms with Gasteiger partial charge < -0.3 is 15.0 Å². The summed E-state index contributed by atoms with van der Waals surface area (Å²) in [6.45, 7) is 6.79. The van der Waals surface area contributed by atoms with Crippen molar-refractivity contribution in [2.75, 3.05) is 18.0 Å². The lowest BCUT2D eigenvalue weighted by Crippen LogP contribution is -2.52. The number of hydrogen-bond donors (Lipinski definition) is 1. The van der Waals surface area contributed by atoms with Gasteiger partial charge in [-0.1, -0.05) is 54.9 Å². The zero-order valence-electron chi connectivity index (χ0n) is 23.4. The summed E-state index contributed by atoms with van der Waals surface area (Å²) in [6, 6.07) is 19.0. The summed E-state index contributed by atoms with van der Waals surface area (Å²) in [6.07, 6.45) is 0.724. The fraction of sp³-hybridized carbons (Fsp3) is 0.333. The van der Waals surface area contributed by atoms with E-state index in [1.54, 1.807) is 75.6 Å². The molecule has 3 rings (SSSR count). The van der Waals surface area contributed by atoms with Crippen LogP contribution in [0.25, 0.3) is 0 Å². The van der Waals surface area contributed by atoms with Crippen molar-refractivity contribution in [1.29, 1.82) is 0 Å². The molecule has 40 heavy (non-hydrogen) atoms. The Labute approximate surface area is 241 Å². The first-order valence-corrected chi connectivity index (χ1v) is 14.9. The summed E-state index contributed by atoms with van der Waals surface area (Å²) in [5, 5.41) is 3.26. The molecule has 0 radical (unpaired) electrons. The van der Waals surface area contributed by atoms with Gasteiger partial charge in [0.25, 0.3) is 10.0 Å². The number of amides is 2. The van der Waals surface area contributed by atoms with E-state index in [0.29, 0.717) is 16.3 Å². The summed E-state index contributed by atoms with van der Waals surface area (Å²) in [5.41, 5.74) is 1.67. The second kappa shape index (κ2) is 13.7. The van der Waals surface area contributed by atoms with Crippen molar-refractivity contribution in [3.8, 4) is 5.75 Å². The normalized spacial score (nSPS) is 12.8. The zero-order chi connectivity index (χ0) is 29.4. The average molecular weight is 586 g/mol. The number of methoxy groups -OCH3 is 1. The molecule has 0 spiro atoms. The summed E-state index contributed by atoms with van der Waals surface area (Å²) < 4.78 is 34.1. The molecular weight excluding hydrogens is 550 g/mol. The highest BCUT2D eigenvalue weighted by Crippen LogP contribution is 2.30. The third kappa shape index (κ3) is 7.55. The molecule has 2 atom stereocenters. The Balaban J connectivity index is 2.05. The van der Waals surface area contributed by atoms with Gasteiger partial charge in [-0.2, -0.15) is 0 Å². The van der Waals surface area contributed by atoms with Crippen LogP contribution in [0, 0.1) is 6.92 Å². The molecule has 0 bridgehead atoms. The maximum absolute atomic E-state index is 14.0. The van der Waals surface area contributed by atoms with Gasteiger partial charge in [0, 0.05) is 17.6 Å². The van der Waals surface area contributed by atoms with Crippen molar-refractivity contribution in [2.45, 2.75) is 57.6 Å². The summed E-state index contributed by atoms with van der Waals surface area (Å²) in [4.78, 5) is 28.6. The molecule has 1 N–H and O–H groups in total. The van der Waals surface area contributed by atoms with Gasteiger partial charge in [0.05, 0.1) is 17.7 Å². The van der Waals surface area contributed by atoms with Gasteiger partial charge >= 0.3 is 0 Å². The largest absolute Gasteiger partial charge is 0.497 e. The van der Waals surface area contributed by atoms with Crippen LogP contribution in [-0.2, 0) is 26.2 Å². The van der Waals surface area contributed by atoms with Crippen molar-refractivity contribution in [3.63, 3.8) is 0 Å². The molecule has 0 aliphatic rings. The number of benzene rings is 3. The van der Waals surface area contributed by atoms with Crippen LogP contribution in [0.2, 0.25) is 5.02 Å². The smallest absolute Gasteiger partial charge is 0.264 e. The lowest BCUT2D eigenvalue weighted by Gasteiger charge is -2.33. The Kier molecular flexibility index (Phi) is 10.6. The van der Waals surface area contributed by atoms with Gasteiger partial charge in [-0.05, 0) is 74.7 Å². The average Bonchev–Trinajstić information content (AvgIpc) is 2.96. The number of halogens is 1. The molecule has 2 amide bonds. The Morgan fingerprint density at radius 2 is 1.65 bits per heavy atom. The topological polar surface area (TPSA) is 96.0 Å². The minimum atomic E-state index is -4.16. The van der Waals surface area contributed by atoms with Crippen molar-refractivity contribution < 1.29 is 22.7 Å². The standard InChI is InChI=1S/C30H36ClN3O5S/c1-6-22(3)32-30(36)23(4)33(19-24-13-16-26(39-5)17-14-24)29(35)20-34(28-18-25(31)15-12-21(28)2)40(37,38)27-10-8-7-9-11-27/h7-18,22-23H,6,19-20H2,1-5H3,(H,32,36)/t22-,23-/m0/s1. The molecule has 0 aliphatic carbocycles. The Bertz CT molecular complexity index is 1420. The molecule has 0 heterocycles. The lowest BCUT2D eigenvalue weighted by molar-refractivity contribution is -0.139. The molecule has 8 nitrogen and oxygen atoms in total. The maximum Gasteiger partial charge on any atom is 0.264 e. The second-order valence-corrected chi connectivity index (χ2v) is 11.9. The molecular formula is C30H36ClN3O5S. The molecule has 214 valence electrons. The number of hydrogen-bond acceptors (Lipinski definition) is 5. The van der Waals surface area contributed by atoms with Gasteiger partial charge in [-0.15, -0.1) is 0 Å². The van der Waals surface area contributed by atoms with Crippen LogP contribution in [-0.4, -0.2) is 50.9 Å². The zero-order valence-corrected chi connectivity index (χ0v) is 25.0. The fourth-order valence-corrected chi connectivity index (χ4v) is 5.72. The van der Waals surface area contributed by atoms with E-state index in [9.17, 15) is 18.0 Å². The van der Waals surface area contributed by atoms with Crippen molar-refractivity contribution in [2.24, 2.45) is 0 Å². The molecule has 0 aromatic heterocycles. The molecule has 0 saturated heterocycles. The number of carbonyl (C=O) groups excluding carboxylic acids is 2. The summed E-state index contributed by atoms with van der Waals surface area (Å²) in [5.74, 6) is -0.213. The quantitative estimate of drug-likeness (QED) is 0.316. The van der Waals surface area contributed by atoms with Gasteiger partial charge in [0.1, 0.15) is 18.3 Å². The SMILES string of the molecule is CC[C@H](C)NC(=O)[C@H](C)N(Cc1ccc(OC)cc1)C(=O)CN(c1cc(Cl)ccc1C)S(=O)(=O)c1ccccc1. The van der Waals surface area contributed by atoms with Gasteiger partial charge in [0.15, 0.2) is 0 Å². The number of sulfonamides is 1. The van der Waals surface area contributed by atoms with Gasteiger partial charge in [0.2, 0.25) is 11.8 Å². The number of nitrogens with zero attached hydrogens (tertiary/aromatic N) is 2. The minimum absolute atomic E-state index is 0.0337. The highest BCUT2D eigenvalue weighted by molar-refractivity contribution is 7.92. The lowest BCUT2D eigenvalue weighted by atomic mass is 10.1. The molecule has 0 aliphatic heterocycles. The van der Waals surface area contributed by atoms with E-state index in [2.05, 4.69) is 5.32 Å². The number of carbonyl (C=O) groups is 2. The van der Waals surface area contributed by atoms with E-state index in [4.69, 9.17) is 16.3 Å². The van der Waals surface area contributed by atoms with E-state index < -0.39 is 28.5 Å². The number of anilines is 1. The molecule has 0 saturated carbocycles. The van der Waals surface area contributed by atoms with E-state index in [-0.39, 0.29) is 29.1 Å². The van der Waals surface area contributed by atoms with Crippen molar-refractivity contribution in [1.82, 2.24) is 10.2 Å². The van der Waals surface area contributed by atoms with Crippen molar-refractivity contribution in [3.05, 3.63) is 88.9 Å². The maximum atomic E-state index is 14.0. The Morgan fingerprint density at radius 3 is 2.25 bits per heavy atom. The third-order valence-electron chi connectivity index (χ3n) is 6.73. The fourth-order valence-electron chi connectivity index (χ4n) is 4.06. The monoisotopic (exact) mass is 585 g/mol. The van der Waals surface area contributed by atoms with E-state index >= 15 is 0 Å². The first-order valence-electron chi connectivity index (χ1n) is 13.0. The molecule has 0 fully saturated rings. The summed E-state index contributed by atoms with van der Waals surface area (Å²) in [7, 11) is -2.60. The van der Waals surface area contributed by atoms with Crippen LogP contribution in [0.3, 0.4) is 0 Å². The first kappa shape index (κ1) is 31.0. The van der Waals surface area contributed by atoms with Crippen molar-refractivity contribution >= 4 is 39.1 Å². The van der Waals surface area contributed by atoms with Crippen LogP contribution in [0.4, 0.5) is 5.69 Å². The number of ether oxygens (including phenoxy) is 1. The number of rotatable bonds is 12. The van der Waals surface area contributed by atoms with Crippen LogP contribution in [0.5, 0.6) is 5.75 Å². The van der Waals surface area contributed by atoms with Gasteiger partial charge in [-0.3, -0.25) is 13.9 Å². The predicted octanol–water partition coefficient (Wildman–Crippen LogP) is 5.18. The Morgan fingerprint density at radius 1 is 1.00 bits per heavy atom.